The average molecular weight is 316 g/mol. The van der Waals surface area contributed by atoms with E-state index in [1.807, 2.05) is 0 Å². The molecule has 0 aromatic rings. The molecule has 1 N–H and O–H groups in total. The van der Waals surface area contributed by atoms with Crippen LogP contribution in [0, 0.1) is 0 Å². The Bertz CT molecular complexity index is 480. The van der Waals surface area contributed by atoms with Crippen molar-refractivity contribution in [2.75, 3.05) is 19.8 Å². The fourth-order valence-electron chi connectivity index (χ4n) is 1.98. The maximum Gasteiger partial charge on any atom is 0.358 e. The van der Waals surface area contributed by atoms with Gasteiger partial charge in [-0.25, -0.2) is 9.59 Å². The van der Waals surface area contributed by atoms with E-state index in [4.69, 9.17) is 9.57 Å². The van der Waals surface area contributed by atoms with Crippen molar-refractivity contribution in [2.24, 2.45) is 0 Å². The van der Waals surface area contributed by atoms with Gasteiger partial charge in [0.05, 0.1) is 6.54 Å². The Balaban J connectivity index is 1.63. The monoisotopic (exact) mass is 316 g/mol. The van der Waals surface area contributed by atoms with Gasteiger partial charge in [-0.15, -0.1) is 5.06 Å². The van der Waals surface area contributed by atoms with Crippen LogP contribution in [-0.2, 0) is 33.6 Å². The Morgan fingerprint density at radius 2 is 1.77 bits per heavy atom. The summed E-state index contributed by atoms with van der Waals surface area (Å²) >= 11 is 0. The van der Waals surface area contributed by atoms with Crippen molar-refractivity contribution in [1.29, 1.82) is 0 Å². The van der Waals surface area contributed by atoms with Gasteiger partial charge in [0, 0.05) is 19.3 Å². The molecule has 10 heteroatoms. The molecule has 2 saturated heterocycles. The summed E-state index contributed by atoms with van der Waals surface area (Å²) in [6.07, 6.45) is 0.0508. The predicted molar refractivity (Wildman–Crippen MR) is 66.0 cm³/mol. The van der Waals surface area contributed by atoms with Crippen molar-refractivity contribution in [2.45, 2.75) is 31.9 Å². The number of nitrogens with zero attached hydrogens (tertiary/aromatic N) is 2. The van der Waals surface area contributed by atoms with Crippen molar-refractivity contribution in [3.05, 3.63) is 0 Å². The van der Waals surface area contributed by atoms with Crippen LogP contribution in [0.2, 0.25) is 0 Å². The van der Waals surface area contributed by atoms with Gasteiger partial charge >= 0.3 is 11.9 Å². The molecule has 0 aliphatic carbocycles. The van der Waals surface area contributed by atoms with Gasteiger partial charge < -0.3 is 19.5 Å². The minimum absolute atomic E-state index is 0.0888. The van der Waals surface area contributed by atoms with Crippen molar-refractivity contribution >= 4 is 23.8 Å². The van der Waals surface area contributed by atoms with Gasteiger partial charge in [-0.2, -0.15) is 5.06 Å². The van der Waals surface area contributed by atoms with Crippen molar-refractivity contribution in [1.82, 2.24) is 10.1 Å². The summed E-state index contributed by atoms with van der Waals surface area (Å²) in [6.45, 7) is -0.809. The number of amides is 2. The largest absolute Gasteiger partial charge is 0.370 e. The van der Waals surface area contributed by atoms with Gasteiger partial charge in [-0.3, -0.25) is 9.59 Å². The highest BCUT2D eigenvalue weighted by atomic mass is 16.7. The van der Waals surface area contributed by atoms with Crippen LogP contribution < -0.4 is 0 Å². The van der Waals surface area contributed by atoms with Gasteiger partial charge in [0.15, 0.2) is 6.23 Å². The van der Waals surface area contributed by atoms with Gasteiger partial charge in [-0.05, 0) is 6.42 Å². The zero-order valence-electron chi connectivity index (χ0n) is 11.7. The fourth-order valence-corrected chi connectivity index (χ4v) is 1.98. The molecule has 0 aromatic carbocycles. The minimum atomic E-state index is -1.16. The van der Waals surface area contributed by atoms with Crippen LogP contribution in [0.5, 0.6) is 0 Å². The number of hydrogen-bond donors (Lipinski definition) is 1. The van der Waals surface area contributed by atoms with Crippen LogP contribution in [0.3, 0.4) is 0 Å². The van der Waals surface area contributed by atoms with E-state index in [9.17, 15) is 24.3 Å². The maximum absolute atomic E-state index is 11.4. The Morgan fingerprint density at radius 1 is 1.09 bits per heavy atom. The molecular formula is C12H16N2O8. The average Bonchev–Trinajstić information content (AvgIpc) is 2.99. The summed E-state index contributed by atoms with van der Waals surface area (Å²) < 4.78 is 4.78. The summed E-state index contributed by atoms with van der Waals surface area (Å²) in [5.41, 5.74) is 0. The van der Waals surface area contributed by atoms with E-state index in [1.54, 1.807) is 0 Å². The Labute approximate surface area is 125 Å². The van der Waals surface area contributed by atoms with Gasteiger partial charge in [0.25, 0.3) is 11.8 Å². The van der Waals surface area contributed by atoms with E-state index in [0.717, 1.165) is 5.06 Å². The van der Waals surface area contributed by atoms with Crippen molar-refractivity contribution in [3.63, 3.8) is 0 Å². The van der Waals surface area contributed by atoms with Crippen LogP contribution >= 0.6 is 0 Å². The fraction of sp³-hybridized carbons (Fsp3) is 0.667. The number of aliphatic hydroxyl groups excluding tert-OH is 1. The highest BCUT2D eigenvalue weighted by Gasteiger charge is 2.33. The first-order valence-electron chi connectivity index (χ1n) is 6.77. The normalized spacial score (nSPS) is 21.4. The Kier molecular flexibility index (Phi) is 5.28. The van der Waals surface area contributed by atoms with E-state index in [2.05, 4.69) is 4.84 Å². The van der Waals surface area contributed by atoms with Crippen LogP contribution in [0.1, 0.15) is 25.7 Å². The van der Waals surface area contributed by atoms with E-state index in [1.165, 1.54) is 0 Å². The Hall–Kier alpha value is -2.20. The quantitative estimate of drug-likeness (QED) is 0.627. The molecule has 10 nitrogen and oxygen atoms in total. The third-order valence-electron chi connectivity index (χ3n) is 3.01. The lowest BCUT2D eigenvalue weighted by Crippen LogP contribution is -2.36. The third kappa shape index (κ3) is 4.15. The first kappa shape index (κ1) is 16.2. The first-order chi connectivity index (χ1) is 10.5. The summed E-state index contributed by atoms with van der Waals surface area (Å²) in [5, 5.41) is 10.9. The van der Waals surface area contributed by atoms with Crippen molar-refractivity contribution in [3.8, 4) is 0 Å². The lowest BCUT2D eigenvalue weighted by molar-refractivity contribution is -0.224. The molecule has 0 bridgehead atoms. The van der Waals surface area contributed by atoms with Crippen LogP contribution in [-0.4, -0.2) is 65.0 Å². The highest BCUT2D eigenvalue weighted by Crippen LogP contribution is 2.16. The molecule has 2 aliphatic heterocycles. The van der Waals surface area contributed by atoms with Crippen LogP contribution in [0.4, 0.5) is 0 Å². The molecule has 2 rings (SSSR count). The van der Waals surface area contributed by atoms with E-state index >= 15 is 0 Å². The topological polar surface area (TPSA) is 123 Å². The number of hydrogen-bond acceptors (Lipinski definition) is 8. The molecule has 0 aromatic heterocycles. The number of hydroxylamine groups is 4. The minimum Gasteiger partial charge on any atom is -0.370 e. The summed E-state index contributed by atoms with van der Waals surface area (Å²) in [4.78, 5) is 54.6. The second kappa shape index (κ2) is 7.18. The van der Waals surface area contributed by atoms with Gasteiger partial charge in [-0.1, -0.05) is 0 Å². The first-order valence-corrected chi connectivity index (χ1v) is 6.77. The zero-order valence-corrected chi connectivity index (χ0v) is 11.7. The molecule has 0 saturated carbocycles. The van der Waals surface area contributed by atoms with E-state index < -0.39 is 37.3 Å². The van der Waals surface area contributed by atoms with Crippen LogP contribution in [0.15, 0.2) is 0 Å². The molecule has 22 heavy (non-hydrogen) atoms. The smallest absolute Gasteiger partial charge is 0.358 e. The number of carbonyl (C=O) groups excluding carboxylic acids is 4. The summed E-state index contributed by atoms with van der Waals surface area (Å²) in [7, 11) is 0. The predicted octanol–water partition coefficient (Wildman–Crippen LogP) is -1.52. The van der Waals surface area contributed by atoms with E-state index in [0.29, 0.717) is 24.4 Å². The lowest BCUT2D eigenvalue weighted by atomic mass is 10.4. The maximum atomic E-state index is 11.4. The molecule has 0 radical (unpaired) electrons. The van der Waals surface area contributed by atoms with Gasteiger partial charge in [0.2, 0.25) is 0 Å². The molecule has 2 amide bonds. The molecule has 1 unspecified atom stereocenters. The Morgan fingerprint density at radius 3 is 2.32 bits per heavy atom. The molecule has 2 fully saturated rings. The molecule has 1 atom stereocenters. The van der Waals surface area contributed by atoms with Crippen LogP contribution in [0.25, 0.3) is 0 Å². The SMILES string of the molecule is O=C(COCC(=O)ON1C(=O)CCC1O)ON1CCCC1=O. The third-order valence-corrected chi connectivity index (χ3v) is 3.01. The summed E-state index contributed by atoms with van der Waals surface area (Å²) in [5.74, 6) is -2.54. The second-order valence-corrected chi connectivity index (χ2v) is 4.76. The second-order valence-electron chi connectivity index (χ2n) is 4.76. The number of carbonyl (C=O) groups is 4. The molecule has 122 valence electrons. The standard InChI is InChI=1S/C12H16N2O8/c15-8-2-1-5-13(8)21-11(18)6-20-7-12(19)22-14-9(16)3-4-10(14)17/h9,16H,1-7H2. The molecule has 2 aliphatic rings. The summed E-state index contributed by atoms with van der Waals surface area (Å²) in [6, 6.07) is 0. The number of aliphatic hydroxyl groups is 1. The van der Waals surface area contributed by atoms with E-state index in [-0.39, 0.29) is 18.7 Å². The highest BCUT2D eigenvalue weighted by molar-refractivity contribution is 5.81. The number of ether oxygens (including phenoxy) is 1. The molecular weight excluding hydrogens is 300 g/mol. The molecule has 2 heterocycles. The molecule has 0 spiro atoms. The van der Waals surface area contributed by atoms with Gasteiger partial charge in [0.1, 0.15) is 13.2 Å². The number of rotatable bonds is 6. The van der Waals surface area contributed by atoms with Crippen molar-refractivity contribution < 1.29 is 38.7 Å². The lowest BCUT2D eigenvalue weighted by Gasteiger charge is -2.18. The zero-order chi connectivity index (χ0) is 16.1.